The third-order valence-electron chi connectivity index (χ3n) is 3.10. The van der Waals surface area contributed by atoms with Gasteiger partial charge < -0.3 is 5.32 Å². The summed E-state index contributed by atoms with van der Waals surface area (Å²) in [6.45, 7) is 3.41. The first-order valence-electron chi connectivity index (χ1n) is 6.25. The predicted molar refractivity (Wildman–Crippen MR) is 81.9 cm³/mol. The Morgan fingerprint density at radius 1 is 1.25 bits per heavy atom. The number of fused-ring (bicyclic) bond motifs is 1. The highest BCUT2D eigenvalue weighted by Gasteiger charge is 2.15. The van der Waals surface area contributed by atoms with E-state index in [0.29, 0.717) is 5.56 Å². The maximum Gasteiger partial charge on any atom is 0.164 e. The molecule has 1 N–H and O–H groups in total. The van der Waals surface area contributed by atoms with Gasteiger partial charge in [0.25, 0.3) is 0 Å². The second-order valence-corrected chi connectivity index (χ2v) is 5.31. The van der Waals surface area contributed by atoms with Gasteiger partial charge in [0.1, 0.15) is 5.00 Å². The van der Waals surface area contributed by atoms with Crippen LogP contribution in [0.1, 0.15) is 23.0 Å². The standard InChI is InChI=1S/C15H13N3OS/c1-9-13(10(2)19)15(20-18-9)17-12-7-3-5-11-6-4-8-16-14(11)12/h3-8,17H,1-2H3. The molecule has 0 unspecified atom stereocenters. The summed E-state index contributed by atoms with van der Waals surface area (Å²) in [5.41, 5.74) is 3.19. The molecule has 4 nitrogen and oxygen atoms in total. The predicted octanol–water partition coefficient (Wildman–Crippen LogP) is 3.95. The minimum Gasteiger partial charge on any atom is -0.344 e. The molecule has 2 heterocycles. The van der Waals surface area contributed by atoms with Gasteiger partial charge in [-0.2, -0.15) is 4.37 Å². The molecule has 0 aliphatic rings. The lowest BCUT2D eigenvalue weighted by atomic mass is 10.1. The monoisotopic (exact) mass is 283 g/mol. The van der Waals surface area contributed by atoms with Gasteiger partial charge in [-0.25, -0.2) is 0 Å². The Balaban J connectivity index is 2.08. The van der Waals surface area contributed by atoms with Gasteiger partial charge in [-0.3, -0.25) is 9.78 Å². The Labute approximate surface area is 120 Å². The highest BCUT2D eigenvalue weighted by Crippen LogP contribution is 2.31. The molecule has 2 aromatic heterocycles. The van der Waals surface area contributed by atoms with Crippen LogP contribution in [0.4, 0.5) is 10.7 Å². The SMILES string of the molecule is CC(=O)c1c(C)nsc1Nc1cccc2cccnc12. The van der Waals surface area contributed by atoms with E-state index in [1.807, 2.05) is 37.3 Å². The van der Waals surface area contributed by atoms with E-state index in [1.165, 1.54) is 11.5 Å². The van der Waals surface area contributed by atoms with E-state index < -0.39 is 0 Å². The molecule has 0 saturated heterocycles. The number of hydrogen-bond donors (Lipinski definition) is 1. The van der Waals surface area contributed by atoms with Crippen molar-refractivity contribution < 1.29 is 4.79 Å². The van der Waals surface area contributed by atoms with E-state index in [0.717, 1.165) is 27.3 Å². The number of pyridine rings is 1. The Hall–Kier alpha value is -2.27. The summed E-state index contributed by atoms with van der Waals surface area (Å²) < 4.78 is 4.25. The number of carbonyl (C=O) groups is 1. The number of aryl methyl sites for hydroxylation is 1. The fourth-order valence-electron chi connectivity index (χ4n) is 2.20. The van der Waals surface area contributed by atoms with Crippen molar-refractivity contribution in [2.75, 3.05) is 5.32 Å². The van der Waals surface area contributed by atoms with Gasteiger partial charge in [0.15, 0.2) is 5.78 Å². The Bertz CT molecular complexity index is 789. The molecule has 0 aliphatic carbocycles. The fraction of sp³-hybridized carbons (Fsp3) is 0.133. The first kappa shape index (κ1) is 12.7. The summed E-state index contributed by atoms with van der Waals surface area (Å²) in [5.74, 6) is 0.0203. The van der Waals surface area contributed by atoms with Gasteiger partial charge in [0.05, 0.1) is 22.5 Å². The highest BCUT2D eigenvalue weighted by atomic mass is 32.1. The van der Waals surface area contributed by atoms with E-state index in [2.05, 4.69) is 14.7 Å². The molecule has 20 heavy (non-hydrogen) atoms. The van der Waals surface area contributed by atoms with Gasteiger partial charge in [0.2, 0.25) is 0 Å². The summed E-state index contributed by atoms with van der Waals surface area (Å²) in [6.07, 6.45) is 1.76. The number of ketones is 1. The van der Waals surface area contributed by atoms with Crippen LogP contribution in [-0.2, 0) is 0 Å². The fourth-order valence-corrected chi connectivity index (χ4v) is 3.05. The lowest BCUT2D eigenvalue weighted by Gasteiger charge is -2.08. The molecule has 0 aliphatic heterocycles. The third-order valence-corrected chi connectivity index (χ3v) is 3.95. The molecule has 3 rings (SSSR count). The number of hydrogen-bond acceptors (Lipinski definition) is 5. The summed E-state index contributed by atoms with van der Waals surface area (Å²) >= 11 is 1.30. The van der Waals surface area contributed by atoms with E-state index in [1.54, 1.807) is 13.1 Å². The Kier molecular flexibility index (Phi) is 3.20. The number of aromatic nitrogens is 2. The molecule has 0 atom stereocenters. The van der Waals surface area contributed by atoms with Crippen molar-refractivity contribution in [1.29, 1.82) is 0 Å². The van der Waals surface area contributed by atoms with Crippen molar-refractivity contribution in [2.45, 2.75) is 13.8 Å². The molecule has 5 heteroatoms. The number of nitrogens with zero attached hydrogens (tertiary/aromatic N) is 2. The van der Waals surface area contributed by atoms with Gasteiger partial charge >= 0.3 is 0 Å². The molecule has 100 valence electrons. The molecular formula is C15H13N3OS. The van der Waals surface area contributed by atoms with Crippen LogP contribution >= 0.6 is 11.5 Å². The van der Waals surface area contributed by atoms with Crippen molar-refractivity contribution >= 4 is 38.9 Å². The van der Waals surface area contributed by atoms with Crippen LogP contribution in [0.15, 0.2) is 36.5 Å². The van der Waals surface area contributed by atoms with Crippen molar-refractivity contribution in [3.05, 3.63) is 47.8 Å². The van der Waals surface area contributed by atoms with Crippen molar-refractivity contribution in [3.63, 3.8) is 0 Å². The second-order valence-electron chi connectivity index (χ2n) is 4.53. The molecule has 0 amide bonds. The lowest BCUT2D eigenvalue weighted by Crippen LogP contribution is -1.99. The van der Waals surface area contributed by atoms with E-state index in [9.17, 15) is 4.79 Å². The first-order chi connectivity index (χ1) is 9.66. The number of para-hydroxylation sites is 1. The van der Waals surface area contributed by atoms with Gasteiger partial charge in [0, 0.05) is 11.6 Å². The molecular weight excluding hydrogens is 270 g/mol. The van der Waals surface area contributed by atoms with Crippen LogP contribution in [0.2, 0.25) is 0 Å². The maximum atomic E-state index is 11.7. The van der Waals surface area contributed by atoms with E-state index >= 15 is 0 Å². The quantitative estimate of drug-likeness (QED) is 0.740. The zero-order chi connectivity index (χ0) is 14.1. The smallest absolute Gasteiger partial charge is 0.164 e. The highest BCUT2D eigenvalue weighted by molar-refractivity contribution is 7.10. The number of nitrogens with one attached hydrogen (secondary N) is 1. The summed E-state index contributed by atoms with van der Waals surface area (Å²) in [6, 6.07) is 9.85. The second kappa shape index (κ2) is 5.02. The van der Waals surface area contributed by atoms with Gasteiger partial charge in [-0.15, -0.1) is 0 Å². The van der Waals surface area contributed by atoms with Crippen LogP contribution in [-0.4, -0.2) is 15.1 Å². The van der Waals surface area contributed by atoms with Crippen LogP contribution in [0.3, 0.4) is 0 Å². The van der Waals surface area contributed by atoms with Crippen LogP contribution in [0.5, 0.6) is 0 Å². The molecule has 0 bridgehead atoms. The minimum absolute atomic E-state index is 0.0203. The summed E-state index contributed by atoms with van der Waals surface area (Å²) in [4.78, 5) is 16.1. The topological polar surface area (TPSA) is 54.9 Å². The van der Waals surface area contributed by atoms with E-state index in [4.69, 9.17) is 0 Å². The number of carbonyl (C=O) groups excluding carboxylic acids is 1. The molecule has 3 aromatic rings. The normalized spacial score (nSPS) is 10.7. The number of Topliss-reactive ketones (excluding diaryl/α,β-unsaturated/α-hetero) is 1. The Morgan fingerprint density at radius 3 is 2.85 bits per heavy atom. The largest absolute Gasteiger partial charge is 0.344 e. The summed E-state index contributed by atoms with van der Waals surface area (Å²) in [7, 11) is 0. The number of rotatable bonds is 3. The maximum absolute atomic E-state index is 11.7. The molecule has 0 spiro atoms. The average molecular weight is 283 g/mol. The number of anilines is 2. The van der Waals surface area contributed by atoms with Crippen molar-refractivity contribution in [1.82, 2.24) is 9.36 Å². The van der Waals surface area contributed by atoms with Crippen molar-refractivity contribution in [3.8, 4) is 0 Å². The van der Waals surface area contributed by atoms with Crippen molar-refractivity contribution in [2.24, 2.45) is 0 Å². The van der Waals surface area contributed by atoms with Crippen LogP contribution < -0.4 is 5.32 Å². The minimum atomic E-state index is 0.0203. The summed E-state index contributed by atoms with van der Waals surface area (Å²) in [5, 5.41) is 5.12. The zero-order valence-electron chi connectivity index (χ0n) is 11.2. The molecule has 0 fully saturated rings. The number of benzene rings is 1. The molecule has 0 saturated carbocycles. The average Bonchev–Trinajstić information content (AvgIpc) is 2.80. The molecule has 1 aromatic carbocycles. The van der Waals surface area contributed by atoms with Crippen LogP contribution in [0.25, 0.3) is 10.9 Å². The van der Waals surface area contributed by atoms with Gasteiger partial charge in [-0.1, -0.05) is 18.2 Å². The van der Waals surface area contributed by atoms with E-state index in [-0.39, 0.29) is 5.78 Å². The first-order valence-corrected chi connectivity index (χ1v) is 7.02. The third kappa shape index (κ3) is 2.16. The Morgan fingerprint density at radius 2 is 2.05 bits per heavy atom. The lowest BCUT2D eigenvalue weighted by molar-refractivity contribution is 0.101. The molecule has 0 radical (unpaired) electrons. The van der Waals surface area contributed by atoms with Crippen LogP contribution in [0, 0.1) is 6.92 Å². The zero-order valence-corrected chi connectivity index (χ0v) is 12.0. The van der Waals surface area contributed by atoms with Gasteiger partial charge in [-0.05, 0) is 37.5 Å².